The predicted octanol–water partition coefficient (Wildman–Crippen LogP) is 4.87. The van der Waals surface area contributed by atoms with E-state index < -0.39 is 0 Å². The monoisotopic (exact) mass is 319 g/mol. The van der Waals surface area contributed by atoms with E-state index in [9.17, 15) is 4.79 Å². The zero-order valence-electron chi connectivity index (χ0n) is 11.4. The van der Waals surface area contributed by atoms with Gasteiger partial charge in [-0.25, -0.2) is 0 Å². The number of hydrogen-bond donors (Lipinski definition) is 1. The maximum atomic E-state index is 12.5. The lowest BCUT2D eigenvalue weighted by molar-refractivity contribution is 0.0932. The molecule has 1 aliphatic carbocycles. The minimum absolute atomic E-state index is 0.0359. The third-order valence-corrected chi connectivity index (χ3v) is 4.55. The van der Waals surface area contributed by atoms with Gasteiger partial charge in [-0.3, -0.25) is 4.79 Å². The second-order valence-electron chi connectivity index (χ2n) is 5.30. The average molecular weight is 320 g/mol. The molecule has 0 bridgehead atoms. The summed E-state index contributed by atoms with van der Waals surface area (Å²) in [5.74, 6) is 0.331. The molecule has 1 amide bonds. The van der Waals surface area contributed by atoms with Crippen molar-refractivity contribution in [2.24, 2.45) is 5.92 Å². The lowest BCUT2D eigenvalue weighted by atomic mass is 10.0. The molecule has 108 valence electrons. The van der Waals surface area contributed by atoms with Gasteiger partial charge in [-0.05, 0) is 36.5 Å². The third-order valence-electron chi connectivity index (χ3n) is 3.73. The number of nitrogens with one attached hydrogen (secondary N) is 1. The highest BCUT2D eigenvalue weighted by atomic mass is 35.5. The Morgan fingerprint density at radius 2 is 1.76 bits per heavy atom. The van der Waals surface area contributed by atoms with E-state index in [1.165, 1.54) is 0 Å². The molecule has 2 aromatic carbocycles. The van der Waals surface area contributed by atoms with Crippen molar-refractivity contribution in [3.05, 3.63) is 69.7 Å². The van der Waals surface area contributed by atoms with Crippen molar-refractivity contribution in [3.8, 4) is 0 Å². The van der Waals surface area contributed by atoms with Crippen LogP contribution in [0.3, 0.4) is 0 Å². The summed E-state index contributed by atoms with van der Waals surface area (Å²) in [4.78, 5) is 12.5. The zero-order chi connectivity index (χ0) is 14.8. The first-order valence-corrected chi connectivity index (χ1v) is 7.72. The maximum Gasteiger partial charge on any atom is 0.253 e. The zero-order valence-corrected chi connectivity index (χ0v) is 12.9. The van der Waals surface area contributed by atoms with Crippen LogP contribution in [0.25, 0.3) is 0 Å². The Morgan fingerprint density at radius 3 is 2.43 bits per heavy atom. The molecular weight excluding hydrogens is 305 g/mol. The van der Waals surface area contributed by atoms with Gasteiger partial charge in [0.2, 0.25) is 0 Å². The van der Waals surface area contributed by atoms with E-state index in [-0.39, 0.29) is 11.9 Å². The minimum atomic E-state index is -0.178. The molecule has 0 radical (unpaired) electrons. The highest BCUT2D eigenvalue weighted by molar-refractivity contribution is 6.43. The van der Waals surface area contributed by atoms with E-state index in [0.717, 1.165) is 18.4 Å². The van der Waals surface area contributed by atoms with Gasteiger partial charge in [-0.2, -0.15) is 0 Å². The van der Waals surface area contributed by atoms with Crippen LogP contribution in [0.15, 0.2) is 48.5 Å². The number of rotatable bonds is 4. The lowest BCUT2D eigenvalue weighted by Gasteiger charge is -2.19. The van der Waals surface area contributed by atoms with Gasteiger partial charge in [-0.1, -0.05) is 59.6 Å². The van der Waals surface area contributed by atoms with Gasteiger partial charge in [-0.15, -0.1) is 0 Å². The van der Waals surface area contributed by atoms with Crippen LogP contribution in [-0.4, -0.2) is 5.91 Å². The first kappa shape index (κ1) is 14.4. The average Bonchev–Trinajstić information content (AvgIpc) is 3.33. The first-order chi connectivity index (χ1) is 10.2. The summed E-state index contributed by atoms with van der Waals surface area (Å²) in [5.41, 5.74) is 1.55. The Labute approximate surface area is 134 Å². The molecule has 0 spiro atoms. The van der Waals surface area contributed by atoms with Crippen LogP contribution >= 0.6 is 23.2 Å². The van der Waals surface area contributed by atoms with Crippen LogP contribution in [0.2, 0.25) is 10.0 Å². The second kappa shape index (κ2) is 6.08. The third kappa shape index (κ3) is 3.22. The quantitative estimate of drug-likeness (QED) is 0.855. The van der Waals surface area contributed by atoms with Gasteiger partial charge in [0, 0.05) is 0 Å². The van der Waals surface area contributed by atoms with E-state index in [0.29, 0.717) is 21.5 Å². The van der Waals surface area contributed by atoms with Crippen molar-refractivity contribution in [2.45, 2.75) is 18.9 Å². The van der Waals surface area contributed by atoms with Gasteiger partial charge in [0.05, 0.1) is 21.7 Å². The van der Waals surface area contributed by atoms with Crippen molar-refractivity contribution in [1.82, 2.24) is 5.32 Å². The molecule has 0 unspecified atom stereocenters. The number of benzene rings is 2. The summed E-state index contributed by atoms with van der Waals surface area (Å²) < 4.78 is 0. The summed E-state index contributed by atoms with van der Waals surface area (Å²) in [6, 6.07) is 15.2. The van der Waals surface area contributed by atoms with Gasteiger partial charge in [0.15, 0.2) is 0 Å². The van der Waals surface area contributed by atoms with Gasteiger partial charge >= 0.3 is 0 Å². The normalized spacial score (nSPS) is 15.5. The molecule has 4 heteroatoms. The number of hydrogen-bond acceptors (Lipinski definition) is 1. The standard InChI is InChI=1S/C17H15Cl2NO/c18-14-8-4-7-13(15(14)19)17(21)20-16(12-9-10-12)11-5-2-1-3-6-11/h1-8,12,16H,9-10H2,(H,20,21)/t16-/m0/s1. The number of carbonyl (C=O) groups is 1. The molecule has 1 fully saturated rings. The van der Waals surface area contributed by atoms with Crippen molar-refractivity contribution in [2.75, 3.05) is 0 Å². The van der Waals surface area contributed by atoms with Crippen LogP contribution in [0, 0.1) is 5.92 Å². The van der Waals surface area contributed by atoms with Gasteiger partial charge in [0.25, 0.3) is 5.91 Å². The van der Waals surface area contributed by atoms with Gasteiger partial charge < -0.3 is 5.32 Å². The molecule has 21 heavy (non-hydrogen) atoms. The topological polar surface area (TPSA) is 29.1 Å². The Balaban J connectivity index is 1.83. The van der Waals surface area contributed by atoms with Crippen LogP contribution in [0.5, 0.6) is 0 Å². The largest absolute Gasteiger partial charge is 0.345 e. The van der Waals surface area contributed by atoms with Crippen LogP contribution < -0.4 is 5.32 Å². The number of amides is 1. The summed E-state index contributed by atoms with van der Waals surface area (Å²) in [5, 5.41) is 3.80. The second-order valence-corrected chi connectivity index (χ2v) is 6.09. The van der Waals surface area contributed by atoms with Crippen molar-refractivity contribution in [1.29, 1.82) is 0 Å². The van der Waals surface area contributed by atoms with Crippen LogP contribution in [0.4, 0.5) is 0 Å². The van der Waals surface area contributed by atoms with E-state index in [4.69, 9.17) is 23.2 Å². The van der Waals surface area contributed by atoms with E-state index >= 15 is 0 Å². The SMILES string of the molecule is O=C(N[C@@H](c1ccccc1)C1CC1)c1cccc(Cl)c1Cl. The molecule has 3 rings (SSSR count). The summed E-state index contributed by atoms with van der Waals surface area (Å²) >= 11 is 12.1. The first-order valence-electron chi connectivity index (χ1n) is 6.96. The fraction of sp³-hybridized carbons (Fsp3) is 0.235. The van der Waals surface area contributed by atoms with E-state index in [2.05, 4.69) is 5.32 Å². The summed E-state index contributed by atoms with van der Waals surface area (Å²) in [6.07, 6.45) is 2.28. The molecule has 0 saturated heterocycles. The molecule has 1 N–H and O–H groups in total. The molecule has 1 aliphatic rings. The molecule has 1 atom stereocenters. The number of halogens is 2. The highest BCUT2D eigenvalue weighted by Gasteiger charge is 2.33. The fourth-order valence-corrected chi connectivity index (χ4v) is 2.85. The van der Waals surface area contributed by atoms with Crippen LogP contribution in [-0.2, 0) is 0 Å². The molecule has 0 aliphatic heterocycles. The predicted molar refractivity (Wildman–Crippen MR) is 85.8 cm³/mol. The molecule has 1 saturated carbocycles. The Kier molecular flexibility index (Phi) is 4.18. The minimum Gasteiger partial charge on any atom is -0.345 e. The van der Waals surface area contributed by atoms with Crippen LogP contribution in [0.1, 0.15) is 34.8 Å². The van der Waals surface area contributed by atoms with E-state index in [1.807, 2.05) is 30.3 Å². The Hall–Kier alpha value is -1.51. The fourth-order valence-electron chi connectivity index (χ4n) is 2.46. The van der Waals surface area contributed by atoms with Crippen molar-refractivity contribution in [3.63, 3.8) is 0 Å². The lowest BCUT2D eigenvalue weighted by Crippen LogP contribution is -2.30. The highest BCUT2D eigenvalue weighted by Crippen LogP contribution is 2.41. The maximum absolute atomic E-state index is 12.5. The Morgan fingerprint density at radius 1 is 1.05 bits per heavy atom. The van der Waals surface area contributed by atoms with E-state index in [1.54, 1.807) is 18.2 Å². The molecule has 0 heterocycles. The molecule has 0 aromatic heterocycles. The van der Waals surface area contributed by atoms with Gasteiger partial charge in [0.1, 0.15) is 0 Å². The smallest absolute Gasteiger partial charge is 0.253 e. The summed E-state index contributed by atoms with van der Waals surface area (Å²) in [6.45, 7) is 0. The molecule has 2 nitrogen and oxygen atoms in total. The number of carbonyl (C=O) groups excluding carboxylic acids is 1. The summed E-state index contributed by atoms with van der Waals surface area (Å²) in [7, 11) is 0. The molecular formula is C17H15Cl2NO. The molecule has 2 aromatic rings. The van der Waals surface area contributed by atoms with Crippen molar-refractivity contribution >= 4 is 29.1 Å². The Bertz CT molecular complexity index is 653. The van der Waals surface area contributed by atoms with Crippen molar-refractivity contribution < 1.29 is 4.79 Å².